The Morgan fingerprint density at radius 2 is 0.733 bits per heavy atom. The molecule has 0 saturated heterocycles. The number of furan rings is 1. The molecule has 1 aromatic heterocycles. The first-order valence-corrected chi connectivity index (χ1v) is 28.3. The van der Waals surface area contributed by atoms with Crippen LogP contribution in [0.25, 0.3) is 56.3 Å². The molecule has 0 radical (unpaired) electrons. The molecule has 0 fully saturated rings. The van der Waals surface area contributed by atoms with Crippen LogP contribution in [-0.4, -0.2) is 0 Å². The van der Waals surface area contributed by atoms with Crippen molar-refractivity contribution in [3.8, 4) is 45.3 Å². The van der Waals surface area contributed by atoms with Gasteiger partial charge in [0.05, 0.1) is 10.8 Å². The summed E-state index contributed by atoms with van der Waals surface area (Å²) in [6.07, 6.45) is 3.54. The van der Waals surface area contributed by atoms with Crippen LogP contribution >= 0.6 is 0 Å². The molecule has 2 aliphatic rings. The molecule has 412 valence electrons. The third-order valence-electron chi connectivity index (χ3n) is 17.1. The van der Waals surface area contributed by atoms with Gasteiger partial charge in [0.25, 0.3) is 0 Å². The number of para-hydroxylation sites is 1. The summed E-state index contributed by atoms with van der Waals surface area (Å²) in [5, 5.41) is 1.89. The van der Waals surface area contributed by atoms with Crippen LogP contribution in [0.15, 0.2) is 278 Å². The SMILES string of the molecule is C=Cc1ccc(Oc2ccc(C3(c4ccc(F)cc4F)c4ccccc4-c4ccc(N(c5ccc6c(c5)C(c5ccc(Oc7ccc(C=C)cc7)cc5)(c5ccc(F)cc5F)c5ccccc5-6)c5ccc6c(c5)oc5ccccc56)cc43)cc2)cc1. The topological polar surface area (TPSA) is 34.8 Å². The minimum atomic E-state index is -1.34. The molecular weight excluding hydrogens is 1070 g/mol. The van der Waals surface area contributed by atoms with Gasteiger partial charge >= 0.3 is 0 Å². The molecule has 12 aromatic carbocycles. The van der Waals surface area contributed by atoms with Crippen LogP contribution in [0, 0.1) is 23.3 Å². The molecular formula is C78H49F4NO3. The zero-order valence-corrected chi connectivity index (χ0v) is 46.1. The van der Waals surface area contributed by atoms with E-state index in [0.29, 0.717) is 40.0 Å². The number of halogens is 4. The van der Waals surface area contributed by atoms with Gasteiger partial charge in [-0.15, -0.1) is 0 Å². The molecule has 0 amide bonds. The van der Waals surface area contributed by atoms with E-state index in [1.807, 2.05) is 176 Å². The van der Waals surface area contributed by atoms with Crippen LogP contribution in [-0.2, 0) is 10.8 Å². The van der Waals surface area contributed by atoms with E-state index in [9.17, 15) is 0 Å². The van der Waals surface area contributed by atoms with Crippen molar-refractivity contribution in [2.75, 3.05) is 4.90 Å². The van der Waals surface area contributed by atoms with E-state index in [1.165, 1.54) is 12.1 Å². The minimum absolute atomic E-state index is 0.259. The fourth-order valence-electron chi connectivity index (χ4n) is 13.4. The summed E-state index contributed by atoms with van der Waals surface area (Å²) >= 11 is 0. The molecule has 2 unspecified atom stereocenters. The predicted molar refractivity (Wildman–Crippen MR) is 336 cm³/mol. The van der Waals surface area contributed by atoms with Crippen LogP contribution in [0.3, 0.4) is 0 Å². The second-order valence-electron chi connectivity index (χ2n) is 21.7. The molecule has 2 aliphatic carbocycles. The van der Waals surface area contributed by atoms with Gasteiger partial charge < -0.3 is 18.8 Å². The zero-order valence-electron chi connectivity index (χ0n) is 46.1. The van der Waals surface area contributed by atoms with Crippen molar-refractivity contribution >= 4 is 51.2 Å². The van der Waals surface area contributed by atoms with E-state index in [0.717, 1.165) is 101 Å². The smallest absolute Gasteiger partial charge is 0.137 e. The molecule has 0 bridgehead atoms. The van der Waals surface area contributed by atoms with Crippen molar-refractivity contribution in [1.82, 2.24) is 0 Å². The summed E-state index contributed by atoms with van der Waals surface area (Å²) in [5.41, 5.74) is 11.3. The maximum atomic E-state index is 17.3. The van der Waals surface area contributed by atoms with Gasteiger partial charge in [-0.2, -0.15) is 0 Å². The van der Waals surface area contributed by atoms with Crippen LogP contribution in [0.2, 0.25) is 0 Å². The number of anilines is 3. The summed E-state index contributed by atoms with van der Waals surface area (Å²) < 4.78 is 84.5. The summed E-state index contributed by atoms with van der Waals surface area (Å²) in [7, 11) is 0. The van der Waals surface area contributed by atoms with Gasteiger partial charge in [-0.25, -0.2) is 17.6 Å². The summed E-state index contributed by atoms with van der Waals surface area (Å²) in [6, 6.07) is 80.6. The first-order chi connectivity index (χ1) is 42.1. The molecule has 0 N–H and O–H groups in total. The molecule has 0 saturated carbocycles. The fourth-order valence-corrected chi connectivity index (χ4v) is 13.4. The largest absolute Gasteiger partial charge is 0.457 e. The van der Waals surface area contributed by atoms with Gasteiger partial charge in [0.15, 0.2) is 0 Å². The zero-order chi connectivity index (χ0) is 58.3. The monoisotopic (exact) mass is 1120 g/mol. The number of hydrogen-bond donors (Lipinski definition) is 0. The quantitative estimate of drug-likeness (QED) is 0.108. The number of rotatable bonds is 13. The lowest BCUT2D eigenvalue weighted by atomic mass is 9.67. The maximum absolute atomic E-state index is 17.3. The normalized spacial score (nSPS) is 15.4. The van der Waals surface area contributed by atoms with Gasteiger partial charge in [-0.05, 0) is 170 Å². The standard InChI is InChI=1S/C78H49F4NO3/c1-3-48-17-30-57(31-18-48)84-59-34-21-50(22-35-59)77(69-41-25-52(79)43-73(69)81)67-14-8-5-11-61(67)63-38-27-54(45-71(63)77)83(56-29-40-66-65-13-7-10-16-75(65)86-76(66)47-56)55-28-39-64-62-12-6-9-15-68(62)78(72(64)46-55,70-42-26-53(80)44-74(70)82)51-23-36-60(37-24-51)85-58-32-19-49(4-2)20-33-58/h3-47H,1-2H2. The first-order valence-electron chi connectivity index (χ1n) is 28.3. The molecule has 0 spiro atoms. The van der Waals surface area contributed by atoms with Crippen LogP contribution in [0.1, 0.15) is 55.6 Å². The van der Waals surface area contributed by atoms with Gasteiger partial charge in [-0.1, -0.05) is 165 Å². The van der Waals surface area contributed by atoms with Gasteiger partial charge in [0, 0.05) is 57.2 Å². The lowest BCUT2D eigenvalue weighted by Gasteiger charge is -2.36. The maximum Gasteiger partial charge on any atom is 0.137 e. The lowest BCUT2D eigenvalue weighted by molar-refractivity contribution is 0.481. The van der Waals surface area contributed by atoms with E-state index < -0.39 is 34.1 Å². The van der Waals surface area contributed by atoms with E-state index in [4.69, 9.17) is 13.9 Å². The van der Waals surface area contributed by atoms with E-state index in [1.54, 1.807) is 24.3 Å². The third-order valence-corrected chi connectivity index (χ3v) is 17.1. The van der Waals surface area contributed by atoms with Crippen molar-refractivity contribution in [2.24, 2.45) is 0 Å². The van der Waals surface area contributed by atoms with Gasteiger partial charge in [0.2, 0.25) is 0 Å². The Kier molecular flexibility index (Phi) is 12.3. The number of nitrogens with zero attached hydrogens (tertiary/aromatic N) is 1. The van der Waals surface area contributed by atoms with E-state index >= 15 is 17.6 Å². The summed E-state index contributed by atoms with van der Waals surface area (Å²) in [4.78, 5) is 2.14. The molecule has 1 heterocycles. The van der Waals surface area contributed by atoms with Crippen molar-refractivity contribution in [3.05, 3.63) is 353 Å². The highest BCUT2D eigenvalue weighted by Crippen LogP contribution is 2.60. The third kappa shape index (κ3) is 8.20. The predicted octanol–water partition coefficient (Wildman–Crippen LogP) is 21.2. The van der Waals surface area contributed by atoms with Crippen LogP contribution in [0.5, 0.6) is 23.0 Å². The summed E-state index contributed by atoms with van der Waals surface area (Å²) in [5.74, 6) is -0.421. The van der Waals surface area contributed by atoms with Gasteiger partial charge in [-0.3, -0.25) is 0 Å². The fraction of sp³-hybridized carbons (Fsp3) is 0.0256. The first kappa shape index (κ1) is 51.9. The summed E-state index contributed by atoms with van der Waals surface area (Å²) in [6.45, 7) is 7.75. The Morgan fingerprint density at radius 1 is 0.337 bits per heavy atom. The lowest BCUT2D eigenvalue weighted by Crippen LogP contribution is -2.30. The van der Waals surface area contributed by atoms with E-state index in [-0.39, 0.29) is 11.1 Å². The Labute approximate surface area is 494 Å². The Hall–Kier alpha value is -11.0. The molecule has 4 nitrogen and oxygen atoms in total. The molecule has 8 heteroatoms. The highest BCUT2D eigenvalue weighted by Gasteiger charge is 2.50. The number of fused-ring (bicyclic) bond motifs is 9. The molecule has 2 atom stereocenters. The van der Waals surface area contributed by atoms with Crippen LogP contribution in [0.4, 0.5) is 34.6 Å². The average Bonchev–Trinajstić information content (AvgIpc) is 1.54. The number of benzene rings is 12. The van der Waals surface area contributed by atoms with Crippen LogP contribution < -0.4 is 14.4 Å². The second-order valence-corrected chi connectivity index (χ2v) is 21.7. The van der Waals surface area contributed by atoms with Gasteiger partial charge in [0.1, 0.15) is 57.4 Å². The Morgan fingerprint density at radius 3 is 1.20 bits per heavy atom. The average molecular weight is 1120 g/mol. The molecule has 15 rings (SSSR count). The van der Waals surface area contributed by atoms with Crippen molar-refractivity contribution in [3.63, 3.8) is 0 Å². The number of hydrogen-bond acceptors (Lipinski definition) is 4. The number of ether oxygens (including phenoxy) is 2. The Bertz CT molecular complexity index is 4610. The highest BCUT2D eigenvalue weighted by molar-refractivity contribution is 6.06. The van der Waals surface area contributed by atoms with Crippen molar-refractivity contribution < 1.29 is 31.5 Å². The van der Waals surface area contributed by atoms with Crippen molar-refractivity contribution in [1.29, 1.82) is 0 Å². The second kappa shape index (κ2) is 20.4. The minimum Gasteiger partial charge on any atom is -0.457 e. The Balaban J connectivity index is 0.959. The molecule has 0 aliphatic heterocycles. The van der Waals surface area contributed by atoms with E-state index in [2.05, 4.69) is 66.6 Å². The molecule has 13 aromatic rings. The highest BCUT2D eigenvalue weighted by atomic mass is 19.1. The van der Waals surface area contributed by atoms with Crippen molar-refractivity contribution in [2.45, 2.75) is 10.8 Å². The molecule has 86 heavy (non-hydrogen) atoms.